The molecule has 0 saturated carbocycles. The summed E-state index contributed by atoms with van der Waals surface area (Å²) in [6, 6.07) is 0. The minimum absolute atomic E-state index is 0.0747. The number of rotatable bonds is 13. The van der Waals surface area contributed by atoms with Crippen molar-refractivity contribution in [2.45, 2.75) is 68.5 Å². The number of aliphatic hydroxyl groups excluding tert-OH is 1. The standard InChI is InChI=1S/C12H26O10S3/c1-2-3-4-5-11(24(17,18)19)8-10(13)9-12(25(20,21)22)6-7-23(14,15)16/h10-13H,2-9H2,1H3,(H,14,15,16)(H,17,18,19)(H,20,21,22). The molecule has 152 valence electrons. The maximum Gasteiger partial charge on any atom is 0.267 e. The first kappa shape index (κ1) is 24.7. The van der Waals surface area contributed by atoms with Crippen LogP contribution in [0.4, 0.5) is 0 Å². The third-order valence-corrected chi connectivity index (χ3v) is 7.03. The largest absolute Gasteiger partial charge is 0.393 e. The van der Waals surface area contributed by atoms with Gasteiger partial charge in [-0.15, -0.1) is 0 Å². The second kappa shape index (κ2) is 10.1. The highest BCUT2D eigenvalue weighted by Gasteiger charge is 2.31. The quantitative estimate of drug-likeness (QED) is 0.239. The minimum Gasteiger partial charge on any atom is -0.393 e. The fourth-order valence-corrected chi connectivity index (χ4v) is 4.92. The van der Waals surface area contributed by atoms with Crippen molar-refractivity contribution in [3.05, 3.63) is 0 Å². The Morgan fingerprint density at radius 2 is 1.20 bits per heavy atom. The molecule has 0 aromatic rings. The van der Waals surface area contributed by atoms with Gasteiger partial charge in [-0.05, 0) is 25.7 Å². The highest BCUT2D eigenvalue weighted by Crippen LogP contribution is 2.21. The van der Waals surface area contributed by atoms with Crippen molar-refractivity contribution in [3.8, 4) is 0 Å². The summed E-state index contributed by atoms with van der Waals surface area (Å²) in [5, 5.41) is 6.95. The lowest BCUT2D eigenvalue weighted by molar-refractivity contribution is 0.147. The first-order valence-corrected chi connectivity index (χ1v) is 12.3. The summed E-state index contributed by atoms with van der Waals surface area (Å²) in [7, 11) is -13.6. The summed E-state index contributed by atoms with van der Waals surface area (Å²) in [5.74, 6) is -0.942. The molecule has 0 heterocycles. The van der Waals surface area contributed by atoms with Crippen LogP contribution >= 0.6 is 0 Å². The van der Waals surface area contributed by atoms with E-state index in [1.54, 1.807) is 0 Å². The Hall–Kier alpha value is -0.310. The summed E-state index contributed by atoms with van der Waals surface area (Å²) in [4.78, 5) is 0. The second-order valence-electron chi connectivity index (χ2n) is 5.97. The van der Waals surface area contributed by atoms with Crippen molar-refractivity contribution in [2.75, 3.05) is 5.75 Å². The number of hydrogen-bond donors (Lipinski definition) is 4. The van der Waals surface area contributed by atoms with Crippen molar-refractivity contribution in [1.29, 1.82) is 0 Å². The van der Waals surface area contributed by atoms with E-state index >= 15 is 0 Å². The zero-order chi connectivity index (χ0) is 19.9. The van der Waals surface area contributed by atoms with Crippen molar-refractivity contribution in [1.82, 2.24) is 0 Å². The Labute approximate surface area is 148 Å². The van der Waals surface area contributed by atoms with Crippen molar-refractivity contribution in [2.24, 2.45) is 0 Å². The third-order valence-electron chi connectivity index (χ3n) is 3.74. The number of hydrogen-bond acceptors (Lipinski definition) is 7. The van der Waals surface area contributed by atoms with Crippen LogP contribution in [0, 0.1) is 0 Å². The predicted molar refractivity (Wildman–Crippen MR) is 91.1 cm³/mol. The fraction of sp³-hybridized carbons (Fsp3) is 1.00. The van der Waals surface area contributed by atoms with Crippen LogP contribution in [0.25, 0.3) is 0 Å². The first-order valence-electron chi connectivity index (χ1n) is 7.72. The summed E-state index contributed by atoms with van der Waals surface area (Å²) in [6.07, 6.45) is -1.19. The molecule has 0 fully saturated rings. The Morgan fingerprint density at radius 1 is 0.760 bits per heavy atom. The van der Waals surface area contributed by atoms with Gasteiger partial charge in [0.25, 0.3) is 30.4 Å². The predicted octanol–water partition coefficient (Wildman–Crippen LogP) is 0.499. The molecule has 0 spiro atoms. The molecule has 0 aromatic heterocycles. The van der Waals surface area contributed by atoms with Crippen molar-refractivity contribution < 1.29 is 44.0 Å². The topological polar surface area (TPSA) is 183 Å². The molecule has 0 aliphatic rings. The van der Waals surface area contributed by atoms with Crippen LogP contribution in [0.15, 0.2) is 0 Å². The molecule has 0 aliphatic heterocycles. The van der Waals surface area contributed by atoms with E-state index in [4.69, 9.17) is 9.11 Å². The van der Waals surface area contributed by atoms with E-state index in [9.17, 15) is 34.9 Å². The molecule has 0 saturated heterocycles. The van der Waals surface area contributed by atoms with E-state index < -0.39 is 72.0 Å². The smallest absolute Gasteiger partial charge is 0.267 e. The Bertz CT molecular complexity index is 695. The average Bonchev–Trinajstić information content (AvgIpc) is 2.39. The monoisotopic (exact) mass is 426 g/mol. The molecular weight excluding hydrogens is 400 g/mol. The van der Waals surface area contributed by atoms with Crippen LogP contribution in [0.2, 0.25) is 0 Å². The summed E-state index contributed by atoms with van der Waals surface area (Å²) in [5.41, 5.74) is 0. The normalized spacial score (nSPS) is 17.2. The van der Waals surface area contributed by atoms with Crippen LogP contribution in [0.3, 0.4) is 0 Å². The third kappa shape index (κ3) is 11.8. The molecule has 3 unspecified atom stereocenters. The van der Waals surface area contributed by atoms with Crippen molar-refractivity contribution in [3.63, 3.8) is 0 Å². The molecule has 25 heavy (non-hydrogen) atoms. The Kier molecular flexibility index (Phi) is 10.0. The van der Waals surface area contributed by atoms with Gasteiger partial charge in [0.05, 0.1) is 22.4 Å². The first-order chi connectivity index (χ1) is 11.2. The lowest BCUT2D eigenvalue weighted by Gasteiger charge is -2.21. The molecule has 0 amide bonds. The van der Waals surface area contributed by atoms with Crippen molar-refractivity contribution >= 4 is 30.4 Å². The number of unbranched alkanes of at least 4 members (excludes halogenated alkanes) is 2. The molecule has 0 aromatic carbocycles. The van der Waals surface area contributed by atoms with E-state index in [0.29, 0.717) is 12.8 Å². The van der Waals surface area contributed by atoms with Gasteiger partial charge in [-0.25, -0.2) is 0 Å². The summed E-state index contributed by atoms with van der Waals surface area (Å²) >= 11 is 0. The minimum atomic E-state index is -4.72. The highest BCUT2D eigenvalue weighted by molar-refractivity contribution is 7.87. The molecule has 0 aliphatic carbocycles. The van der Waals surface area contributed by atoms with Crippen LogP contribution in [-0.2, 0) is 30.4 Å². The van der Waals surface area contributed by atoms with E-state index in [1.165, 1.54) is 0 Å². The van der Waals surface area contributed by atoms with E-state index in [0.717, 1.165) is 6.42 Å². The van der Waals surface area contributed by atoms with Crippen LogP contribution < -0.4 is 0 Å². The molecule has 4 N–H and O–H groups in total. The average molecular weight is 427 g/mol. The van der Waals surface area contributed by atoms with Gasteiger partial charge in [-0.2, -0.15) is 25.3 Å². The lowest BCUT2D eigenvalue weighted by Crippen LogP contribution is -2.32. The van der Waals surface area contributed by atoms with Gasteiger partial charge < -0.3 is 5.11 Å². The Balaban J connectivity index is 4.99. The van der Waals surface area contributed by atoms with Gasteiger partial charge in [0.2, 0.25) is 0 Å². The van der Waals surface area contributed by atoms with E-state index in [-0.39, 0.29) is 6.42 Å². The molecule has 3 atom stereocenters. The maximum atomic E-state index is 11.4. The number of aliphatic hydroxyl groups is 1. The fourth-order valence-electron chi connectivity index (χ4n) is 2.38. The van der Waals surface area contributed by atoms with Gasteiger partial charge in [-0.3, -0.25) is 13.7 Å². The van der Waals surface area contributed by atoms with Gasteiger partial charge in [-0.1, -0.05) is 26.2 Å². The van der Waals surface area contributed by atoms with Gasteiger partial charge in [0, 0.05) is 0 Å². The summed E-state index contributed by atoms with van der Waals surface area (Å²) < 4.78 is 93.7. The molecule has 0 bridgehead atoms. The van der Waals surface area contributed by atoms with Gasteiger partial charge in [0.1, 0.15) is 0 Å². The lowest BCUT2D eigenvalue weighted by atomic mass is 10.0. The van der Waals surface area contributed by atoms with Crippen LogP contribution in [0.1, 0.15) is 51.9 Å². The van der Waals surface area contributed by atoms with Crippen LogP contribution in [-0.4, -0.2) is 66.4 Å². The molecule has 0 rings (SSSR count). The SMILES string of the molecule is CCCCCC(CC(O)CC(CCS(=O)(=O)O)S(=O)(=O)O)S(=O)(=O)O. The summed E-state index contributed by atoms with van der Waals surface area (Å²) in [6.45, 7) is 1.89. The zero-order valence-corrected chi connectivity index (χ0v) is 16.3. The van der Waals surface area contributed by atoms with Crippen LogP contribution in [0.5, 0.6) is 0 Å². The molecule has 10 nitrogen and oxygen atoms in total. The second-order valence-corrected chi connectivity index (χ2v) is 10.9. The molecule has 0 radical (unpaired) electrons. The van der Waals surface area contributed by atoms with Gasteiger partial charge in [0.15, 0.2) is 0 Å². The maximum absolute atomic E-state index is 11.4. The van der Waals surface area contributed by atoms with E-state index in [2.05, 4.69) is 0 Å². The van der Waals surface area contributed by atoms with E-state index in [1.807, 2.05) is 6.92 Å². The highest BCUT2D eigenvalue weighted by atomic mass is 32.2. The molecular formula is C12H26O10S3. The van der Waals surface area contributed by atoms with Gasteiger partial charge >= 0.3 is 0 Å². The zero-order valence-electron chi connectivity index (χ0n) is 13.9. The molecule has 13 heteroatoms. The Morgan fingerprint density at radius 3 is 1.56 bits per heavy atom.